The van der Waals surface area contributed by atoms with Gasteiger partial charge in [0.05, 0.1) is 25.3 Å². The average molecular weight is 547 g/mol. The minimum Gasteiger partial charge on any atom is -0.497 e. The van der Waals surface area contributed by atoms with E-state index in [0.29, 0.717) is 41.5 Å². The smallest absolute Gasteiger partial charge is 0.323 e. The summed E-state index contributed by atoms with van der Waals surface area (Å²) in [6.07, 6.45) is -0.203. The number of methoxy groups -OCH3 is 1. The number of aliphatic hydroxyl groups excluding tert-OH is 1. The van der Waals surface area contributed by atoms with Gasteiger partial charge in [0.25, 0.3) is 5.91 Å². The standard InChI is InChI=1S/C31H38N4O5/c1-21-17-35(22(2)20-36)30(37)27-16-25(33-31(38)32-24-10-13-26(39-4)14-11-24)12-15-28(27)40-29(21)19-34(3)18-23-8-6-5-7-9-23/h5-16,21-22,29,36H,17-20H2,1-4H3,(H2,32,33,38)/t21-,22-,29-/m1/s1. The van der Waals surface area contributed by atoms with Crippen LogP contribution in [-0.2, 0) is 6.54 Å². The Kier molecular flexibility index (Phi) is 9.63. The van der Waals surface area contributed by atoms with Crippen LogP contribution in [0.4, 0.5) is 16.2 Å². The zero-order valence-corrected chi connectivity index (χ0v) is 23.5. The Bertz CT molecular complexity index is 1280. The molecule has 0 saturated heterocycles. The van der Waals surface area contributed by atoms with Crippen LogP contribution in [0.3, 0.4) is 0 Å². The van der Waals surface area contributed by atoms with Crippen molar-refractivity contribution in [2.45, 2.75) is 32.5 Å². The summed E-state index contributed by atoms with van der Waals surface area (Å²) in [7, 11) is 3.63. The van der Waals surface area contributed by atoms with Crippen molar-refractivity contribution in [1.29, 1.82) is 0 Å². The second kappa shape index (κ2) is 13.3. The molecule has 1 aliphatic heterocycles. The number of anilines is 2. The van der Waals surface area contributed by atoms with Crippen molar-refractivity contribution in [3.63, 3.8) is 0 Å². The summed E-state index contributed by atoms with van der Waals surface area (Å²) in [5, 5.41) is 15.5. The topological polar surface area (TPSA) is 103 Å². The first-order valence-corrected chi connectivity index (χ1v) is 13.4. The number of fused-ring (bicyclic) bond motifs is 1. The van der Waals surface area contributed by atoms with Crippen LogP contribution in [0.15, 0.2) is 72.8 Å². The summed E-state index contributed by atoms with van der Waals surface area (Å²) in [6, 6.07) is 21.5. The number of nitrogens with one attached hydrogen (secondary N) is 2. The maximum Gasteiger partial charge on any atom is 0.323 e. The Labute approximate surface area is 235 Å². The molecule has 3 aromatic carbocycles. The maximum atomic E-state index is 13.7. The quantitative estimate of drug-likeness (QED) is 0.360. The van der Waals surface area contributed by atoms with Crippen LogP contribution >= 0.6 is 0 Å². The zero-order chi connectivity index (χ0) is 28.6. The third-order valence-electron chi connectivity index (χ3n) is 7.06. The van der Waals surface area contributed by atoms with Gasteiger partial charge in [-0.3, -0.25) is 9.69 Å². The van der Waals surface area contributed by atoms with Crippen LogP contribution in [0.2, 0.25) is 0 Å². The Balaban J connectivity index is 1.54. The van der Waals surface area contributed by atoms with Gasteiger partial charge in [-0.25, -0.2) is 4.79 Å². The van der Waals surface area contributed by atoms with Crippen molar-refractivity contribution in [3.05, 3.63) is 83.9 Å². The van der Waals surface area contributed by atoms with Crippen molar-refractivity contribution in [2.75, 3.05) is 44.5 Å². The second-order valence-corrected chi connectivity index (χ2v) is 10.3. The Morgan fingerprint density at radius 3 is 2.45 bits per heavy atom. The molecular weight excluding hydrogens is 508 g/mol. The number of aliphatic hydroxyl groups is 1. The molecule has 3 aromatic rings. The van der Waals surface area contributed by atoms with E-state index in [1.165, 1.54) is 5.56 Å². The second-order valence-electron chi connectivity index (χ2n) is 10.3. The van der Waals surface area contributed by atoms with Gasteiger partial charge >= 0.3 is 6.03 Å². The highest BCUT2D eigenvalue weighted by molar-refractivity contribution is 6.02. The van der Waals surface area contributed by atoms with E-state index >= 15 is 0 Å². The summed E-state index contributed by atoms with van der Waals surface area (Å²) in [5.41, 5.74) is 2.59. The van der Waals surface area contributed by atoms with Gasteiger partial charge < -0.3 is 30.1 Å². The van der Waals surface area contributed by atoms with E-state index in [2.05, 4.69) is 41.6 Å². The van der Waals surface area contributed by atoms with Crippen molar-refractivity contribution >= 4 is 23.3 Å². The van der Waals surface area contributed by atoms with Crippen molar-refractivity contribution in [3.8, 4) is 11.5 Å². The molecule has 0 radical (unpaired) electrons. The lowest BCUT2D eigenvalue weighted by Crippen LogP contribution is -2.49. The molecule has 1 aliphatic rings. The van der Waals surface area contributed by atoms with E-state index in [0.717, 1.165) is 6.54 Å². The summed E-state index contributed by atoms with van der Waals surface area (Å²) in [4.78, 5) is 30.3. The van der Waals surface area contributed by atoms with Crippen molar-refractivity contribution in [2.24, 2.45) is 5.92 Å². The average Bonchev–Trinajstić information content (AvgIpc) is 2.95. The first kappa shape index (κ1) is 28.9. The third kappa shape index (κ3) is 7.31. The fraction of sp³-hybridized carbons (Fsp3) is 0.355. The van der Waals surface area contributed by atoms with Gasteiger partial charge in [0.15, 0.2) is 0 Å². The van der Waals surface area contributed by atoms with Gasteiger partial charge in [-0.05, 0) is 62.0 Å². The van der Waals surface area contributed by atoms with Crippen LogP contribution in [-0.4, -0.2) is 72.8 Å². The van der Waals surface area contributed by atoms with Crippen LogP contribution in [0, 0.1) is 5.92 Å². The molecule has 0 fully saturated rings. The molecule has 0 spiro atoms. The molecule has 9 heteroatoms. The zero-order valence-electron chi connectivity index (χ0n) is 23.5. The Morgan fingerprint density at radius 1 is 1.10 bits per heavy atom. The largest absolute Gasteiger partial charge is 0.497 e. The first-order chi connectivity index (χ1) is 19.3. The van der Waals surface area contributed by atoms with E-state index in [1.54, 1.807) is 54.5 Å². The van der Waals surface area contributed by atoms with E-state index in [1.807, 2.05) is 25.1 Å². The molecule has 3 amide bonds. The predicted octanol–water partition coefficient (Wildman–Crippen LogP) is 4.69. The molecule has 0 unspecified atom stereocenters. The molecule has 0 bridgehead atoms. The number of likely N-dealkylation sites (N-methyl/N-ethyl adjacent to an activating group) is 1. The molecular formula is C31H38N4O5. The Hall–Kier alpha value is -4.08. The van der Waals surface area contributed by atoms with E-state index in [9.17, 15) is 14.7 Å². The summed E-state index contributed by atoms with van der Waals surface area (Å²) in [6.45, 7) is 5.58. The summed E-state index contributed by atoms with van der Waals surface area (Å²) in [5.74, 6) is 0.897. The fourth-order valence-corrected chi connectivity index (χ4v) is 4.75. The number of nitrogens with zero attached hydrogens (tertiary/aromatic N) is 2. The highest BCUT2D eigenvalue weighted by Crippen LogP contribution is 2.31. The highest BCUT2D eigenvalue weighted by atomic mass is 16.5. The number of carbonyl (C=O) groups excluding carboxylic acids is 2. The van der Waals surface area contributed by atoms with Gasteiger partial charge in [-0.1, -0.05) is 37.3 Å². The normalized spacial score (nSPS) is 17.8. The number of urea groups is 1. The van der Waals surface area contributed by atoms with Gasteiger partial charge in [-0.2, -0.15) is 0 Å². The van der Waals surface area contributed by atoms with Gasteiger partial charge in [-0.15, -0.1) is 0 Å². The lowest BCUT2D eigenvalue weighted by Gasteiger charge is -2.38. The number of benzene rings is 3. The number of hydrogen-bond acceptors (Lipinski definition) is 6. The molecule has 9 nitrogen and oxygen atoms in total. The molecule has 212 valence electrons. The van der Waals surface area contributed by atoms with Gasteiger partial charge in [0.2, 0.25) is 0 Å². The number of hydrogen-bond donors (Lipinski definition) is 3. The van der Waals surface area contributed by atoms with Crippen molar-refractivity contribution in [1.82, 2.24) is 9.80 Å². The molecule has 0 aromatic heterocycles. The molecule has 4 rings (SSSR count). The van der Waals surface area contributed by atoms with Gasteiger partial charge in [0.1, 0.15) is 17.6 Å². The lowest BCUT2D eigenvalue weighted by atomic mass is 9.99. The summed E-state index contributed by atoms with van der Waals surface area (Å²) < 4.78 is 11.6. The minimum atomic E-state index is -0.445. The predicted molar refractivity (Wildman–Crippen MR) is 156 cm³/mol. The maximum absolute atomic E-state index is 13.7. The van der Waals surface area contributed by atoms with Gasteiger partial charge in [0, 0.05) is 36.9 Å². The van der Waals surface area contributed by atoms with Crippen molar-refractivity contribution < 1.29 is 24.2 Å². The fourth-order valence-electron chi connectivity index (χ4n) is 4.75. The third-order valence-corrected chi connectivity index (χ3v) is 7.06. The van der Waals surface area contributed by atoms with E-state index in [4.69, 9.17) is 9.47 Å². The minimum absolute atomic E-state index is 0.0115. The van der Waals surface area contributed by atoms with Crippen LogP contribution in [0.5, 0.6) is 11.5 Å². The molecule has 3 N–H and O–H groups in total. The summed E-state index contributed by atoms with van der Waals surface area (Å²) >= 11 is 0. The van der Waals surface area contributed by atoms with Crippen LogP contribution in [0.1, 0.15) is 29.8 Å². The molecule has 1 heterocycles. The molecule has 0 saturated carbocycles. The van der Waals surface area contributed by atoms with Crippen LogP contribution < -0.4 is 20.1 Å². The van der Waals surface area contributed by atoms with Crippen LogP contribution in [0.25, 0.3) is 0 Å². The number of rotatable bonds is 9. The first-order valence-electron chi connectivity index (χ1n) is 13.4. The number of carbonyl (C=O) groups is 2. The number of ether oxygens (including phenoxy) is 2. The molecule has 3 atom stereocenters. The highest BCUT2D eigenvalue weighted by Gasteiger charge is 2.33. The van der Waals surface area contributed by atoms with E-state index < -0.39 is 6.03 Å². The van der Waals surface area contributed by atoms with E-state index in [-0.39, 0.29) is 30.6 Å². The Morgan fingerprint density at radius 2 is 1.77 bits per heavy atom. The monoisotopic (exact) mass is 546 g/mol. The lowest BCUT2D eigenvalue weighted by molar-refractivity contribution is 0.0341. The SMILES string of the molecule is COc1ccc(NC(=O)Nc2ccc3c(c2)C(=O)N([C@H](C)CO)C[C@@H](C)[C@@H](CN(C)Cc2ccccc2)O3)cc1. The molecule has 40 heavy (non-hydrogen) atoms. The number of amides is 3. The molecule has 0 aliphatic carbocycles.